The van der Waals surface area contributed by atoms with Gasteiger partial charge in [0, 0.05) is 28.3 Å². The molecular formula is C25H33NO4S3. The number of hydrogen-bond donors (Lipinski definition) is 1. The monoisotopic (exact) mass is 507 g/mol. The van der Waals surface area contributed by atoms with Gasteiger partial charge in [-0.05, 0) is 48.9 Å². The van der Waals surface area contributed by atoms with Crippen molar-refractivity contribution in [2.24, 2.45) is 5.41 Å². The van der Waals surface area contributed by atoms with Crippen molar-refractivity contribution in [3.8, 4) is 0 Å². The number of carbonyl (C=O) groups is 1. The van der Waals surface area contributed by atoms with Crippen molar-refractivity contribution in [1.29, 1.82) is 0 Å². The van der Waals surface area contributed by atoms with Crippen LogP contribution in [-0.4, -0.2) is 43.8 Å². The fraction of sp³-hybridized carbons (Fsp3) is 0.480. The smallest absolute Gasteiger partial charge is 0.313 e. The van der Waals surface area contributed by atoms with Gasteiger partial charge in [0.2, 0.25) is 0 Å². The molecule has 1 aliphatic rings. The Balaban J connectivity index is 2.18. The van der Waals surface area contributed by atoms with Crippen LogP contribution in [-0.2, 0) is 20.4 Å². The molecule has 0 spiro atoms. The van der Waals surface area contributed by atoms with Crippen LogP contribution in [0.2, 0.25) is 0 Å². The lowest BCUT2D eigenvalue weighted by Crippen LogP contribution is -2.37. The fourth-order valence-corrected chi connectivity index (χ4v) is 8.14. The van der Waals surface area contributed by atoms with Gasteiger partial charge >= 0.3 is 5.97 Å². The van der Waals surface area contributed by atoms with Gasteiger partial charge in [0.15, 0.2) is 9.84 Å². The van der Waals surface area contributed by atoms with Crippen LogP contribution >= 0.6 is 23.5 Å². The number of nitrogens with zero attached hydrogens (tertiary/aromatic N) is 1. The molecule has 33 heavy (non-hydrogen) atoms. The lowest BCUT2D eigenvalue weighted by atomic mass is 9.81. The number of carboxylic acid groups (broad SMARTS) is 1. The van der Waals surface area contributed by atoms with Crippen molar-refractivity contribution >= 4 is 50.7 Å². The SMILES string of the molecule is CCCC[C@@]1(CC)CN(c2ccccc2)c2cc(SC)c(CSCC(=O)O)cc2S(=O)(=O)C1. The van der Waals surface area contributed by atoms with E-state index in [1.165, 1.54) is 11.8 Å². The van der Waals surface area contributed by atoms with Gasteiger partial charge in [-0.25, -0.2) is 8.42 Å². The highest BCUT2D eigenvalue weighted by Gasteiger charge is 2.41. The minimum Gasteiger partial charge on any atom is -0.481 e. The Morgan fingerprint density at radius 2 is 1.91 bits per heavy atom. The number of anilines is 2. The second-order valence-corrected chi connectivity index (χ2v) is 12.4. The zero-order valence-electron chi connectivity index (χ0n) is 19.5. The maximum atomic E-state index is 13.8. The van der Waals surface area contributed by atoms with E-state index in [0.29, 0.717) is 17.2 Å². The van der Waals surface area contributed by atoms with Crippen LogP contribution in [0.5, 0.6) is 0 Å². The Morgan fingerprint density at radius 1 is 1.18 bits per heavy atom. The molecule has 1 atom stereocenters. The molecule has 5 nitrogen and oxygen atoms in total. The van der Waals surface area contributed by atoms with E-state index in [1.807, 2.05) is 42.7 Å². The topological polar surface area (TPSA) is 74.7 Å². The highest BCUT2D eigenvalue weighted by molar-refractivity contribution is 7.99. The molecular weight excluding hydrogens is 474 g/mol. The molecule has 2 aromatic rings. The summed E-state index contributed by atoms with van der Waals surface area (Å²) in [5.41, 5.74) is 2.26. The molecule has 0 radical (unpaired) electrons. The highest BCUT2D eigenvalue weighted by atomic mass is 32.2. The minimum absolute atomic E-state index is 0.0102. The molecule has 1 heterocycles. The summed E-state index contributed by atoms with van der Waals surface area (Å²) in [4.78, 5) is 14.5. The normalized spacial score (nSPS) is 19.7. The van der Waals surface area contributed by atoms with E-state index in [2.05, 4.69) is 18.7 Å². The van der Waals surface area contributed by atoms with E-state index in [4.69, 9.17) is 5.11 Å². The van der Waals surface area contributed by atoms with Gasteiger partial charge in [0.25, 0.3) is 0 Å². The Morgan fingerprint density at radius 3 is 2.52 bits per heavy atom. The molecule has 180 valence electrons. The van der Waals surface area contributed by atoms with Gasteiger partial charge in [-0.2, -0.15) is 0 Å². The summed E-state index contributed by atoms with van der Waals surface area (Å²) in [6.07, 6.45) is 5.66. The third kappa shape index (κ3) is 6.08. The number of carboxylic acids is 1. The van der Waals surface area contributed by atoms with Crippen LogP contribution < -0.4 is 4.90 Å². The number of benzene rings is 2. The number of thioether (sulfide) groups is 2. The predicted molar refractivity (Wildman–Crippen MR) is 140 cm³/mol. The summed E-state index contributed by atoms with van der Waals surface area (Å²) in [5.74, 6) is -0.283. The molecule has 8 heteroatoms. The van der Waals surface area contributed by atoms with E-state index in [-0.39, 0.29) is 16.9 Å². The maximum absolute atomic E-state index is 13.8. The van der Waals surface area contributed by atoms with Crippen molar-refractivity contribution < 1.29 is 18.3 Å². The lowest BCUT2D eigenvalue weighted by Gasteiger charge is -2.36. The van der Waals surface area contributed by atoms with Crippen molar-refractivity contribution in [2.45, 2.75) is 55.1 Å². The van der Waals surface area contributed by atoms with Crippen LogP contribution in [0.1, 0.15) is 45.1 Å². The largest absolute Gasteiger partial charge is 0.481 e. The van der Waals surface area contributed by atoms with Gasteiger partial charge in [-0.1, -0.05) is 44.9 Å². The number of unbranched alkanes of at least 4 members (excludes halogenated alkanes) is 1. The number of rotatable bonds is 10. The lowest BCUT2D eigenvalue weighted by molar-refractivity contribution is -0.133. The molecule has 0 fully saturated rings. The first-order valence-corrected chi connectivity index (χ1v) is 15.3. The molecule has 0 saturated heterocycles. The third-order valence-electron chi connectivity index (χ3n) is 6.34. The standard InChI is InChI=1S/C25H33NO4S3/c1-4-6-12-25(5-2)17-26(20-10-8-7-9-11-20)21-14-22(31-3)19(15-32-16-24(27)28)13-23(21)33(29,30)18-25/h7-11,13-14H,4-6,12,15-18H2,1-3H3,(H,27,28)/t25-/m0/s1. The molecule has 0 saturated carbocycles. The first-order chi connectivity index (χ1) is 15.7. The van der Waals surface area contributed by atoms with Crippen LogP contribution in [0.25, 0.3) is 0 Å². The van der Waals surface area contributed by atoms with Gasteiger partial charge in [0.1, 0.15) is 0 Å². The highest BCUT2D eigenvalue weighted by Crippen LogP contribution is 2.46. The molecule has 0 amide bonds. The molecule has 0 aliphatic carbocycles. The van der Waals surface area contributed by atoms with Crippen LogP contribution in [0, 0.1) is 5.41 Å². The number of fused-ring (bicyclic) bond motifs is 1. The van der Waals surface area contributed by atoms with Crippen molar-refractivity contribution in [3.63, 3.8) is 0 Å². The van der Waals surface area contributed by atoms with Crippen LogP contribution in [0.15, 0.2) is 52.3 Å². The van der Waals surface area contributed by atoms with Crippen molar-refractivity contribution in [2.75, 3.05) is 29.2 Å². The quantitative estimate of drug-likeness (QED) is 0.382. The van der Waals surface area contributed by atoms with E-state index in [0.717, 1.165) is 47.5 Å². The fourth-order valence-electron chi connectivity index (χ4n) is 4.48. The molecule has 0 aromatic heterocycles. The predicted octanol–water partition coefficient (Wildman–Crippen LogP) is 6.24. The van der Waals surface area contributed by atoms with E-state index in [9.17, 15) is 13.2 Å². The van der Waals surface area contributed by atoms with Crippen LogP contribution in [0.3, 0.4) is 0 Å². The number of sulfone groups is 1. The minimum atomic E-state index is -3.53. The van der Waals surface area contributed by atoms with E-state index in [1.54, 1.807) is 17.8 Å². The second kappa shape index (κ2) is 11.2. The van der Waals surface area contributed by atoms with Gasteiger partial charge in [0.05, 0.1) is 22.1 Å². The summed E-state index contributed by atoms with van der Waals surface area (Å²) in [5, 5.41) is 9.02. The average molecular weight is 508 g/mol. The van der Waals surface area contributed by atoms with Gasteiger partial charge in [-0.15, -0.1) is 23.5 Å². The van der Waals surface area contributed by atoms with E-state index < -0.39 is 15.8 Å². The molecule has 0 unspecified atom stereocenters. The molecule has 1 N–H and O–H groups in total. The van der Waals surface area contributed by atoms with Crippen LogP contribution in [0.4, 0.5) is 11.4 Å². The number of aliphatic carboxylic acids is 1. The Hall–Kier alpha value is -1.64. The Kier molecular flexibility index (Phi) is 8.81. The summed E-state index contributed by atoms with van der Waals surface area (Å²) in [6, 6.07) is 13.8. The first kappa shape index (κ1) is 26.0. The molecule has 0 bridgehead atoms. The number of para-hydroxylation sites is 1. The summed E-state index contributed by atoms with van der Waals surface area (Å²) in [6.45, 7) is 4.90. The molecule has 1 aliphatic heterocycles. The second-order valence-electron chi connectivity index (χ2n) is 8.66. The molecule has 3 rings (SSSR count). The first-order valence-electron chi connectivity index (χ1n) is 11.3. The Labute approximate surface area is 206 Å². The summed E-state index contributed by atoms with van der Waals surface area (Å²) in [7, 11) is -3.53. The average Bonchev–Trinajstić information content (AvgIpc) is 2.90. The van der Waals surface area contributed by atoms with E-state index >= 15 is 0 Å². The Bertz CT molecular complexity index is 1070. The van der Waals surface area contributed by atoms with Gasteiger partial charge < -0.3 is 10.0 Å². The zero-order valence-corrected chi connectivity index (χ0v) is 22.0. The van der Waals surface area contributed by atoms with Gasteiger partial charge in [-0.3, -0.25) is 4.79 Å². The summed E-state index contributed by atoms with van der Waals surface area (Å²) >= 11 is 2.86. The molecule has 2 aromatic carbocycles. The summed E-state index contributed by atoms with van der Waals surface area (Å²) < 4.78 is 27.6. The van der Waals surface area contributed by atoms with Crippen molar-refractivity contribution in [1.82, 2.24) is 0 Å². The number of hydrogen-bond acceptors (Lipinski definition) is 6. The third-order valence-corrected chi connectivity index (χ3v) is 10.1. The van der Waals surface area contributed by atoms with Crippen molar-refractivity contribution in [3.05, 3.63) is 48.0 Å². The maximum Gasteiger partial charge on any atom is 0.313 e. The zero-order chi connectivity index (χ0) is 24.1.